The van der Waals surface area contributed by atoms with Crippen LogP contribution >= 0.6 is 17.0 Å². The summed E-state index contributed by atoms with van der Waals surface area (Å²) in [6.07, 6.45) is 5.82. The summed E-state index contributed by atoms with van der Waals surface area (Å²) in [6.45, 7) is 25.7. The van der Waals surface area contributed by atoms with Gasteiger partial charge in [-0.3, -0.25) is 0 Å². The number of halogens is 2. The van der Waals surface area contributed by atoms with Crippen molar-refractivity contribution in [2.75, 3.05) is 13.6 Å². The maximum atomic E-state index is 6.46. The molecule has 6 aliphatic rings. The van der Waals surface area contributed by atoms with Crippen molar-refractivity contribution in [2.45, 2.75) is 152 Å². The number of benzene rings is 2. The Morgan fingerprint density at radius 1 is 0.556 bits per heavy atom. The van der Waals surface area contributed by atoms with E-state index in [0.29, 0.717) is 49.1 Å². The molecule has 0 amide bonds. The van der Waals surface area contributed by atoms with E-state index in [4.69, 9.17) is 36.0 Å². The summed E-state index contributed by atoms with van der Waals surface area (Å²) in [5.74, 6) is 5.07. The second-order valence-electron chi connectivity index (χ2n) is 20.2. The van der Waals surface area contributed by atoms with Crippen molar-refractivity contribution in [3.05, 3.63) is 85.6 Å². The summed E-state index contributed by atoms with van der Waals surface area (Å²) < 4.78 is 25.8. The molecule has 0 aromatic heterocycles. The first kappa shape index (κ1) is 45.1. The van der Waals surface area contributed by atoms with Crippen LogP contribution < -0.4 is 0 Å². The number of rotatable bonds is 4. The van der Waals surface area contributed by atoms with Gasteiger partial charge < -0.3 is 33.8 Å². The number of fused-ring (bicyclic) bond motifs is 4. The van der Waals surface area contributed by atoms with Gasteiger partial charge >= 0.3 is 37.9 Å². The molecule has 2 saturated heterocycles. The number of hydrogen-bond donors (Lipinski definition) is 0. The number of hydrogen-bond acceptors (Lipinski definition) is 4. The van der Waals surface area contributed by atoms with E-state index in [2.05, 4.69) is 117 Å². The standard InChI is InChI=1S/C44H64O4Si.2CH3.2ClH.Zr/c1-25-19-31-33(21-35-39(47-23-45-35)37(31)27-11-15-29(16-12-27)43(3,4)5)41(25)49(9,10)42-26(2)20-32-34(42)22-36-40(48-24-46-36)38(32)28-13-17-30(18-14-28)44(6,7)8;;;;;/h11-18,25-26,31-42H,19-24H2,1-10H3;2*1H3;2*1H;/q;2*-1;;;+4/p-2. The fourth-order valence-electron chi connectivity index (χ4n) is 13.3. The Bertz CT molecular complexity index is 1410. The molecule has 14 unspecified atom stereocenters. The molecule has 4 aliphatic carbocycles. The Hall–Kier alpha value is -0.0400. The van der Waals surface area contributed by atoms with Gasteiger partial charge in [0, 0.05) is 11.8 Å². The average Bonchev–Trinajstić information content (AvgIpc) is 3.86. The molecule has 54 heavy (non-hydrogen) atoms. The zero-order valence-corrected chi connectivity index (χ0v) is 40.3. The van der Waals surface area contributed by atoms with Crippen LogP contribution in [0.1, 0.15) is 115 Å². The van der Waals surface area contributed by atoms with Crippen LogP contribution in [0.25, 0.3) is 0 Å². The normalized spacial score (nSPS) is 38.4. The molecule has 8 heteroatoms. The Morgan fingerprint density at radius 2 is 0.889 bits per heavy atom. The van der Waals surface area contributed by atoms with Gasteiger partial charge in [-0.1, -0.05) is 117 Å². The van der Waals surface area contributed by atoms with Gasteiger partial charge in [-0.05, 0) is 105 Å². The van der Waals surface area contributed by atoms with E-state index in [9.17, 15) is 0 Å². The summed E-state index contributed by atoms with van der Waals surface area (Å²) in [5.41, 5.74) is 7.69. The van der Waals surface area contributed by atoms with Crippen molar-refractivity contribution in [2.24, 2.45) is 35.5 Å². The van der Waals surface area contributed by atoms with Gasteiger partial charge in [-0.2, -0.15) is 0 Å². The molecule has 0 spiro atoms. The van der Waals surface area contributed by atoms with E-state index in [0.717, 1.165) is 22.9 Å². The van der Waals surface area contributed by atoms with Gasteiger partial charge in [-0.25, -0.2) is 0 Å². The van der Waals surface area contributed by atoms with Gasteiger partial charge in [0.25, 0.3) is 0 Å². The van der Waals surface area contributed by atoms with Gasteiger partial charge in [0.1, 0.15) is 13.6 Å². The predicted octanol–water partition coefficient (Wildman–Crippen LogP) is 12.7. The molecule has 0 radical (unpaired) electrons. The fraction of sp³-hybridized carbons (Fsp3) is 0.696. The van der Waals surface area contributed by atoms with Crippen molar-refractivity contribution in [1.82, 2.24) is 0 Å². The molecule has 4 nitrogen and oxygen atoms in total. The fourth-order valence-corrected chi connectivity index (χ4v) is 20.0. The molecule has 8 rings (SSSR count). The van der Waals surface area contributed by atoms with Crippen molar-refractivity contribution in [3.8, 4) is 0 Å². The van der Waals surface area contributed by atoms with E-state index >= 15 is 0 Å². The minimum atomic E-state index is -1.79. The SMILES string of the molecule is CC1CC2C(CC3OCOC3C2c2ccc(C(C)(C)C)cc2)C1[Si](C)(C)C1C(C)CC2C1CC1OCOC1C2c1ccc(C(C)(C)C)cc1.[CH3-].[CH3-].[Cl][Zr+2][Cl]. The Kier molecular flexibility index (Phi) is 14.4. The third-order valence-corrected chi connectivity index (χ3v) is 20.5. The molecule has 14 atom stereocenters. The van der Waals surface area contributed by atoms with Crippen LogP contribution in [-0.2, 0) is 50.6 Å². The van der Waals surface area contributed by atoms with Crippen LogP contribution in [0, 0.1) is 50.4 Å². The Labute approximate surface area is 349 Å². The second-order valence-corrected chi connectivity index (χ2v) is 28.9. The Balaban J connectivity index is 0.00000109. The average molecular weight is 877 g/mol. The van der Waals surface area contributed by atoms with Crippen molar-refractivity contribution >= 4 is 25.1 Å². The van der Waals surface area contributed by atoms with E-state index in [1.807, 2.05) is 0 Å². The molecule has 2 aromatic rings. The third kappa shape index (κ3) is 8.24. The van der Waals surface area contributed by atoms with Crippen molar-refractivity contribution in [3.63, 3.8) is 0 Å². The molecular formula is C46H70Cl2O4SiZr. The molecule has 2 aliphatic heterocycles. The van der Waals surface area contributed by atoms with Crippen LogP contribution in [0.15, 0.2) is 48.5 Å². The first-order valence-electron chi connectivity index (χ1n) is 20.2. The maximum absolute atomic E-state index is 6.46. The molecule has 2 aromatic carbocycles. The predicted molar refractivity (Wildman–Crippen MR) is 225 cm³/mol. The van der Waals surface area contributed by atoms with Crippen molar-refractivity contribution in [1.29, 1.82) is 0 Å². The summed E-state index contributed by atoms with van der Waals surface area (Å²) in [5, 5.41) is 0. The molecule has 0 bridgehead atoms. The second kappa shape index (κ2) is 17.3. The van der Waals surface area contributed by atoms with E-state index in [1.54, 1.807) is 0 Å². The van der Waals surface area contributed by atoms with Gasteiger partial charge in [-0.15, -0.1) is 0 Å². The molecule has 0 N–H and O–H groups in total. The van der Waals surface area contributed by atoms with Crippen LogP contribution in [-0.4, -0.2) is 46.1 Å². The van der Waals surface area contributed by atoms with Crippen molar-refractivity contribution < 1.29 is 39.8 Å². The topological polar surface area (TPSA) is 36.9 Å². The summed E-state index contributed by atoms with van der Waals surface area (Å²) >= 11 is -0.826. The van der Waals surface area contributed by atoms with Gasteiger partial charge in [0.2, 0.25) is 0 Å². The van der Waals surface area contributed by atoms with E-state index < -0.39 is 28.9 Å². The summed E-state index contributed by atoms with van der Waals surface area (Å²) in [7, 11) is 8.08. The monoisotopic (exact) mass is 874 g/mol. The molecule has 4 saturated carbocycles. The molecule has 2 heterocycles. The first-order valence-corrected chi connectivity index (χ1v) is 29.7. The van der Waals surface area contributed by atoms with Gasteiger partial charge in [0.05, 0.1) is 32.5 Å². The Morgan fingerprint density at radius 3 is 1.20 bits per heavy atom. The zero-order valence-electron chi connectivity index (χ0n) is 35.3. The molecule has 6 fully saturated rings. The summed E-state index contributed by atoms with van der Waals surface area (Å²) in [6, 6.07) is 19.3. The molecule has 300 valence electrons. The van der Waals surface area contributed by atoms with E-state index in [-0.39, 0.29) is 50.1 Å². The molecular weight excluding hydrogens is 807 g/mol. The quantitative estimate of drug-likeness (QED) is 0.227. The van der Waals surface area contributed by atoms with E-state index in [1.165, 1.54) is 47.9 Å². The number of ether oxygens (including phenoxy) is 4. The summed E-state index contributed by atoms with van der Waals surface area (Å²) in [4.78, 5) is 0. The van der Waals surface area contributed by atoms with Crippen LogP contribution in [0.4, 0.5) is 0 Å². The first-order chi connectivity index (χ1) is 24.6. The van der Waals surface area contributed by atoms with Crippen LogP contribution in [0.5, 0.6) is 0 Å². The van der Waals surface area contributed by atoms with Gasteiger partial charge in [0.15, 0.2) is 0 Å². The minimum absolute atomic E-state index is 0. The van der Waals surface area contributed by atoms with Crippen LogP contribution in [0.3, 0.4) is 0 Å². The zero-order chi connectivity index (χ0) is 37.3. The van der Waals surface area contributed by atoms with Crippen LogP contribution in [0.2, 0.25) is 24.2 Å². The third-order valence-electron chi connectivity index (χ3n) is 15.0.